The number of amides is 1. The summed E-state index contributed by atoms with van der Waals surface area (Å²) in [5, 5.41) is 0. The topological polar surface area (TPSA) is 46.6 Å². The van der Waals surface area contributed by atoms with Crippen molar-refractivity contribution in [2.24, 2.45) is 0 Å². The van der Waals surface area contributed by atoms with Crippen molar-refractivity contribution in [2.75, 3.05) is 4.90 Å². The first-order valence-corrected chi connectivity index (χ1v) is 7.39. The van der Waals surface area contributed by atoms with Gasteiger partial charge in [0, 0.05) is 18.0 Å². The van der Waals surface area contributed by atoms with Crippen LogP contribution in [0.3, 0.4) is 0 Å². The molecule has 1 aromatic rings. The van der Waals surface area contributed by atoms with Crippen LogP contribution in [0, 0.1) is 0 Å². The summed E-state index contributed by atoms with van der Waals surface area (Å²) in [4.78, 5) is 25.8. The Morgan fingerprint density at radius 2 is 2.04 bits per heavy atom. The number of hydrogen-bond acceptors (Lipinski definition) is 3. The molecule has 7 heteroatoms. The summed E-state index contributed by atoms with van der Waals surface area (Å²) >= 11 is 0. The lowest BCUT2D eigenvalue weighted by molar-refractivity contribution is -0.137. The lowest BCUT2D eigenvalue weighted by atomic mass is 9.92. The van der Waals surface area contributed by atoms with Gasteiger partial charge in [0.05, 0.1) is 17.4 Å². The van der Waals surface area contributed by atoms with Gasteiger partial charge < -0.3 is 4.74 Å². The molecule has 2 rings (SSSR count). The molecule has 0 saturated carbocycles. The third kappa shape index (κ3) is 3.48. The summed E-state index contributed by atoms with van der Waals surface area (Å²) in [5.41, 5.74) is -0.825. The first kappa shape index (κ1) is 17.3. The fourth-order valence-electron chi connectivity index (χ4n) is 2.59. The molecule has 1 aromatic carbocycles. The predicted octanol–water partition coefficient (Wildman–Crippen LogP) is 4.42. The highest BCUT2D eigenvalue weighted by Gasteiger charge is 2.38. The van der Waals surface area contributed by atoms with Gasteiger partial charge in [-0.15, -0.1) is 0 Å². The highest BCUT2D eigenvalue weighted by molar-refractivity contribution is 6.08. The number of benzene rings is 1. The van der Waals surface area contributed by atoms with Gasteiger partial charge in [-0.25, -0.2) is 4.79 Å². The normalized spacial score (nSPS) is 18.1. The van der Waals surface area contributed by atoms with Gasteiger partial charge in [-0.1, -0.05) is 6.92 Å². The van der Waals surface area contributed by atoms with E-state index >= 15 is 0 Å². The summed E-state index contributed by atoms with van der Waals surface area (Å²) < 4.78 is 43.7. The Kier molecular flexibility index (Phi) is 4.68. The van der Waals surface area contributed by atoms with Gasteiger partial charge in [0.2, 0.25) is 0 Å². The number of alkyl halides is 3. The molecule has 0 saturated heterocycles. The minimum atomic E-state index is -4.54. The molecule has 1 atom stereocenters. The van der Waals surface area contributed by atoms with E-state index in [1.165, 1.54) is 11.0 Å². The molecule has 1 heterocycles. The second kappa shape index (κ2) is 6.22. The van der Waals surface area contributed by atoms with Gasteiger partial charge in [0.25, 0.3) is 0 Å². The molecule has 0 N–H and O–H groups in total. The lowest BCUT2D eigenvalue weighted by Crippen LogP contribution is -2.46. The molecule has 0 spiro atoms. The van der Waals surface area contributed by atoms with Crippen LogP contribution in [0.15, 0.2) is 18.2 Å². The Balaban J connectivity index is 2.50. The van der Waals surface area contributed by atoms with Crippen LogP contribution in [0.4, 0.5) is 23.7 Å². The fourth-order valence-corrected chi connectivity index (χ4v) is 2.59. The zero-order valence-electron chi connectivity index (χ0n) is 13.1. The maximum atomic E-state index is 12.8. The van der Waals surface area contributed by atoms with Crippen LogP contribution in [-0.2, 0) is 10.9 Å². The summed E-state index contributed by atoms with van der Waals surface area (Å²) in [5.74, 6) is -0.397. The van der Waals surface area contributed by atoms with E-state index in [4.69, 9.17) is 4.74 Å². The van der Waals surface area contributed by atoms with Crippen LogP contribution in [0.2, 0.25) is 0 Å². The molecule has 1 aliphatic rings. The van der Waals surface area contributed by atoms with E-state index in [-0.39, 0.29) is 23.8 Å². The molecule has 1 aliphatic heterocycles. The van der Waals surface area contributed by atoms with Crippen molar-refractivity contribution < 1.29 is 27.5 Å². The van der Waals surface area contributed by atoms with Crippen molar-refractivity contribution in [2.45, 2.75) is 51.9 Å². The fraction of sp³-hybridized carbons (Fsp3) is 0.500. The second-order valence-corrected chi connectivity index (χ2v) is 5.72. The number of anilines is 1. The van der Waals surface area contributed by atoms with Crippen LogP contribution < -0.4 is 4.90 Å². The number of hydrogen-bond donors (Lipinski definition) is 0. The first-order valence-electron chi connectivity index (χ1n) is 7.39. The van der Waals surface area contributed by atoms with Gasteiger partial charge >= 0.3 is 12.3 Å². The summed E-state index contributed by atoms with van der Waals surface area (Å²) in [6.07, 6.45) is -5.08. The molecule has 0 fully saturated rings. The number of carbonyl (C=O) groups is 2. The quantitative estimate of drug-likeness (QED) is 0.807. The number of halogens is 3. The van der Waals surface area contributed by atoms with E-state index in [1.807, 2.05) is 6.92 Å². The van der Waals surface area contributed by atoms with Crippen molar-refractivity contribution in [1.82, 2.24) is 0 Å². The van der Waals surface area contributed by atoms with E-state index < -0.39 is 29.7 Å². The Labute approximate surface area is 132 Å². The molecule has 23 heavy (non-hydrogen) atoms. The van der Waals surface area contributed by atoms with Gasteiger partial charge in [0.1, 0.15) is 0 Å². The van der Waals surface area contributed by atoms with Crippen LogP contribution in [0.1, 0.15) is 49.5 Å². The van der Waals surface area contributed by atoms with E-state index in [9.17, 15) is 22.8 Å². The summed E-state index contributed by atoms with van der Waals surface area (Å²) in [6, 6.07) is 2.43. The van der Waals surface area contributed by atoms with Crippen LogP contribution in [-0.4, -0.2) is 24.0 Å². The molecule has 126 valence electrons. The van der Waals surface area contributed by atoms with Crippen molar-refractivity contribution in [1.29, 1.82) is 0 Å². The molecular formula is C16H18F3NO3. The van der Waals surface area contributed by atoms with Crippen molar-refractivity contribution in [3.8, 4) is 0 Å². The number of Topliss-reactive ketones (excluding diaryl/α,β-unsaturated/α-hetero) is 1. The second-order valence-electron chi connectivity index (χ2n) is 5.72. The van der Waals surface area contributed by atoms with Gasteiger partial charge in [0.15, 0.2) is 5.78 Å². The molecule has 0 aromatic heterocycles. The number of carbonyl (C=O) groups excluding carboxylic acids is 2. The van der Waals surface area contributed by atoms with Crippen LogP contribution in [0.25, 0.3) is 0 Å². The van der Waals surface area contributed by atoms with Crippen molar-refractivity contribution >= 4 is 17.6 Å². The van der Waals surface area contributed by atoms with Crippen LogP contribution in [0.5, 0.6) is 0 Å². The number of nitrogens with zero attached hydrogens (tertiary/aromatic N) is 1. The SMILES string of the molecule is CCC1CC(=O)c2cc(C(F)(F)F)ccc2N1C(=O)OC(C)C. The Morgan fingerprint density at radius 1 is 1.39 bits per heavy atom. The minimum absolute atomic E-state index is 0.0159. The predicted molar refractivity (Wildman–Crippen MR) is 78.6 cm³/mol. The van der Waals surface area contributed by atoms with Crippen molar-refractivity contribution in [3.05, 3.63) is 29.3 Å². The molecule has 1 unspecified atom stereocenters. The number of fused-ring (bicyclic) bond motifs is 1. The third-order valence-electron chi connectivity index (χ3n) is 3.67. The molecular weight excluding hydrogens is 311 g/mol. The summed E-state index contributed by atoms with van der Waals surface area (Å²) in [6.45, 7) is 5.17. The maximum Gasteiger partial charge on any atom is 0.416 e. The number of rotatable bonds is 2. The standard InChI is InChI=1S/C16H18F3NO3/c1-4-11-8-14(21)12-7-10(16(17,18)19)5-6-13(12)20(11)15(22)23-9(2)3/h5-7,9,11H,4,8H2,1-3H3. The molecule has 1 amide bonds. The maximum absolute atomic E-state index is 12.8. The molecule has 4 nitrogen and oxygen atoms in total. The van der Waals surface area contributed by atoms with E-state index in [0.717, 1.165) is 12.1 Å². The average Bonchev–Trinajstić information content (AvgIpc) is 2.44. The number of ether oxygens (including phenoxy) is 1. The number of ketones is 1. The monoisotopic (exact) mass is 329 g/mol. The third-order valence-corrected chi connectivity index (χ3v) is 3.67. The van der Waals surface area contributed by atoms with Gasteiger partial charge in [-0.05, 0) is 38.5 Å². The average molecular weight is 329 g/mol. The zero-order valence-corrected chi connectivity index (χ0v) is 13.1. The Hall–Kier alpha value is -2.05. The Morgan fingerprint density at radius 3 is 2.57 bits per heavy atom. The van der Waals surface area contributed by atoms with Crippen LogP contribution >= 0.6 is 0 Å². The van der Waals surface area contributed by atoms with E-state index in [2.05, 4.69) is 0 Å². The lowest BCUT2D eigenvalue weighted by Gasteiger charge is -2.35. The van der Waals surface area contributed by atoms with Gasteiger partial charge in [-0.3, -0.25) is 9.69 Å². The minimum Gasteiger partial charge on any atom is -0.446 e. The molecule has 0 aliphatic carbocycles. The zero-order chi connectivity index (χ0) is 17.4. The largest absolute Gasteiger partial charge is 0.446 e. The van der Waals surface area contributed by atoms with E-state index in [1.54, 1.807) is 13.8 Å². The highest BCUT2D eigenvalue weighted by Crippen LogP contribution is 2.37. The summed E-state index contributed by atoms with van der Waals surface area (Å²) in [7, 11) is 0. The van der Waals surface area contributed by atoms with Gasteiger partial charge in [-0.2, -0.15) is 13.2 Å². The van der Waals surface area contributed by atoms with Crippen molar-refractivity contribution in [3.63, 3.8) is 0 Å². The smallest absolute Gasteiger partial charge is 0.416 e. The van der Waals surface area contributed by atoms with E-state index in [0.29, 0.717) is 6.42 Å². The molecule has 0 radical (unpaired) electrons. The highest BCUT2D eigenvalue weighted by atomic mass is 19.4. The molecule has 0 bridgehead atoms. The Bertz CT molecular complexity index is 625. The first-order chi connectivity index (χ1) is 10.6.